The number of thioether (sulfide) groups is 1. The number of nitrogens with one attached hydrogen (secondary N) is 1. The molecule has 0 aromatic carbocycles. The van der Waals surface area contributed by atoms with Gasteiger partial charge in [-0.3, -0.25) is 0 Å². The van der Waals surface area contributed by atoms with E-state index in [1.54, 1.807) is 0 Å². The van der Waals surface area contributed by atoms with E-state index in [2.05, 4.69) is 11.6 Å². The summed E-state index contributed by atoms with van der Waals surface area (Å²) in [4.78, 5) is 0. The molecule has 13 heavy (non-hydrogen) atoms. The molecule has 1 aliphatic rings. The van der Waals surface area contributed by atoms with Crippen LogP contribution in [0.3, 0.4) is 0 Å². The van der Waals surface area contributed by atoms with Gasteiger partial charge in [-0.25, -0.2) is 0 Å². The van der Waals surface area contributed by atoms with Crippen LogP contribution in [-0.4, -0.2) is 25.1 Å². The molecule has 0 heterocycles. The Bertz CT molecular complexity index is 113. The number of unbranched alkanes of at least 4 members (excludes halogenated alkanes) is 2. The Morgan fingerprint density at radius 1 is 1.15 bits per heavy atom. The number of rotatable bonds is 9. The van der Waals surface area contributed by atoms with Crippen molar-refractivity contribution in [2.24, 2.45) is 5.92 Å². The quantitative estimate of drug-likeness (QED) is 0.576. The van der Waals surface area contributed by atoms with Gasteiger partial charge in [0.25, 0.3) is 0 Å². The lowest BCUT2D eigenvalue weighted by Crippen LogP contribution is -2.17. The molecule has 0 aromatic rings. The van der Waals surface area contributed by atoms with Gasteiger partial charge in [0, 0.05) is 0 Å². The summed E-state index contributed by atoms with van der Waals surface area (Å²) in [5.41, 5.74) is 0. The molecule has 1 fully saturated rings. The largest absolute Gasteiger partial charge is 0.317 e. The predicted molar refractivity (Wildman–Crippen MR) is 62.4 cm³/mol. The standard InChI is InChI=1S/C11H23NS/c1-13-10-4-2-3-8-12-9-7-11-5-6-11/h11-12H,2-10H2,1H3. The minimum Gasteiger partial charge on any atom is -0.317 e. The van der Waals surface area contributed by atoms with Gasteiger partial charge in [-0.1, -0.05) is 19.3 Å². The highest BCUT2D eigenvalue weighted by Gasteiger charge is 2.19. The second-order valence-corrected chi connectivity index (χ2v) is 5.02. The SMILES string of the molecule is CSCCCCCNCCC1CC1. The van der Waals surface area contributed by atoms with Crippen LogP contribution < -0.4 is 5.32 Å². The van der Waals surface area contributed by atoms with E-state index >= 15 is 0 Å². The van der Waals surface area contributed by atoms with Crippen LogP contribution >= 0.6 is 11.8 Å². The third-order valence-electron chi connectivity index (χ3n) is 2.63. The first-order chi connectivity index (χ1) is 6.43. The van der Waals surface area contributed by atoms with E-state index in [9.17, 15) is 0 Å². The highest BCUT2D eigenvalue weighted by Crippen LogP contribution is 2.31. The summed E-state index contributed by atoms with van der Waals surface area (Å²) in [7, 11) is 0. The molecule has 1 saturated carbocycles. The molecule has 0 atom stereocenters. The smallest absolute Gasteiger partial charge is 0.00463 e. The van der Waals surface area contributed by atoms with E-state index < -0.39 is 0 Å². The first-order valence-corrected chi connectivity index (χ1v) is 7.02. The molecule has 0 radical (unpaired) electrons. The molecule has 2 heteroatoms. The summed E-state index contributed by atoms with van der Waals surface area (Å²) in [6, 6.07) is 0. The molecule has 0 saturated heterocycles. The molecular weight excluding hydrogens is 178 g/mol. The van der Waals surface area contributed by atoms with Gasteiger partial charge < -0.3 is 5.32 Å². The lowest BCUT2D eigenvalue weighted by atomic mass is 10.2. The van der Waals surface area contributed by atoms with Crippen LogP contribution in [0, 0.1) is 5.92 Å². The van der Waals surface area contributed by atoms with Crippen LogP contribution in [-0.2, 0) is 0 Å². The van der Waals surface area contributed by atoms with Crippen LogP contribution in [0.4, 0.5) is 0 Å². The summed E-state index contributed by atoms with van der Waals surface area (Å²) in [6.07, 6.45) is 10.8. The van der Waals surface area contributed by atoms with E-state index in [0.29, 0.717) is 0 Å². The summed E-state index contributed by atoms with van der Waals surface area (Å²) in [6.45, 7) is 2.49. The number of hydrogen-bond donors (Lipinski definition) is 1. The van der Waals surface area contributed by atoms with Gasteiger partial charge in [0.1, 0.15) is 0 Å². The maximum atomic E-state index is 3.53. The Kier molecular flexibility index (Phi) is 6.73. The average molecular weight is 201 g/mol. The van der Waals surface area contributed by atoms with Gasteiger partial charge in [-0.05, 0) is 50.3 Å². The Labute approximate surface area is 87.1 Å². The molecule has 1 aliphatic carbocycles. The Morgan fingerprint density at radius 3 is 2.69 bits per heavy atom. The van der Waals surface area contributed by atoms with Crippen LogP contribution in [0.2, 0.25) is 0 Å². The van der Waals surface area contributed by atoms with Gasteiger partial charge in [0.2, 0.25) is 0 Å². The minimum atomic E-state index is 1.09. The third-order valence-corrected chi connectivity index (χ3v) is 3.33. The Hall–Kier alpha value is 0.310. The molecule has 0 amide bonds. The molecule has 78 valence electrons. The van der Waals surface area contributed by atoms with Crippen molar-refractivity contribution in [1.29, 1.82) is 0 Å². The molecule has 0 spiro atoms. The van der Waals surface area contributed by atoms with E-state index in [1.807, 2.05) is 11.8 Å². The van der Waals surface area contributed by atoms with E-state index in [4.69, 9.17) is 0 Å². The zero-order chi connectivity index (χ0) is 9.36. The van der Waals surface area contributed by atoms with Crippen molar-refractivity contribution < 1.29 is 0 Å². The van der Waals surface area contributed by atoms with Crippen LogP contribution in [0.25, 0.3) is 0 Å². The molecule has 1 N–H and O–H groups in total. The van der Waals surface area contributed by atoms with Crippen LogP contribution in [0.1, 0.15) is 38.5 Å². The summed E-state index contributed by atoms with van der Waals surface area (Å²) >= 11 is 1.96. The first kappa shape index (κ1) is 11.4. The van der Waals surface area contributed by atoms with Crippen molar-refractivity contribution >= 4 is 11.8 Å². The van der Waals surface area contributed by atoms with Gasteiger partial charge in [-0.2, -0.15) is 11.8 Å². The van der Waals surface area contributed by atoms with E-state index in [-0.39, 0.29) is 0 Å². The van der Waals surface area contributed by atoms with Crippen molar-refractivity contribution in [2.75, 3.05) is 25.1 Å². The molecule has 0 aromatic heterocycles. The van der Waals surface area contributed by atoms with Crippen molar-refractivity contribution in [1.82, 2.24) is 5.32 Å². The minimum absolute atomic E-state index is 1.09. The van der Waals surface area contributed by atoms with Gasteiger partial charge >= 0.3 is 0 Å². The summed E-state index contributed by atoms with van der Waals surface area (Å²) < 4.78 is 0. The summed E-state index contributed by atoms with van der Waals surface area (Å²) in [5, 5.41) is 3.53. The van der Waals surface area contributed by atoms with E-state index in [0.717, 1.165) is 5.92 Å². The fourth-order valence-corrected chi connectivity index (χ4v) is 2.00. The lowest BCUT2D eigenvalue weighted by Gasteiger charge is -2.03. The third kappa shape index (κ3) is 7.39. The predicted octanol–water partition coefficient (Wildman–Crippen LogP) is 2.91. The zero-order valence-corrected chi connectivity index (χ0v) is 9.67. The molecular formula is C11H23NS. The summed E-state index contributed by atoms with van der Waals surface area (Å²) in [5.74, 6) is 2.42. The van der Waals surface area contributed by atoms with Crippen LogP contribution in [0.5, 0.6) is 0 Å². The maximum absolute atomic E-state index is 3.53. The Balaban J connectivity index is 1.63. The van der Waals surface area contributed by atoms with Crippen LogP contribution in [0.15, 0.2) is 0 Å². The Morgan fingerprint density at radius 2 is 2.00 bits per heavy atom. The molecule has 0 aliphatic heterocycles. The lowest BCUT2D eigenvalue weighted by molar-refractivity contribution is 0.580. The highest BCUT2D eigenvalue weighted by molar-refractivity contribution is 7.98. The number of hydrogen-bond acceptors (Lipinski definition) is 2. The van der Waals surface area contributed by atoms with Gasteiger partial charge in [-0.15, -0.1) is 0 Å². The molecule has 1 rings (SSSR count). The highest BCUT2D eigenvalue weighted by atomic mass is 32.2. The second kappa shape index (κ2) is 7.69. The topological polar surface area (TPSA) is 12.0 Å². The zero-order valence-electron chi connectivity index (χ0n) is 8.85. The van der Waals surface area contributed by atoms with Crippen molar-refractivity contribution in [3.8, 4) is 0 Å². The maximum Gasteiger partial charge on any atom is -0.00463 e. The average Bonchev–Trinajstić information content (AvgIpc) is 2.93. The van der Waals surface area contributed by atoms with Gasteiger partial charge in [0.15, 0.2) is 0 Å². The fraction of sp³-hybridized carbons (Fsp3) is 1.00. The van der Waals surface area contributed by atoms with Crippen molar-refractivity contribution in [3.05, 3.63) is 0 Å². The molecule has 1 nitrogen and oxygen atoms in total. The molecule has 0 unspecified atom stereocenters. The van der Waals surface area contributed by atoms with Crippen molar-refractivity contribution in [3.63, 3.8) is 0 Å². The first-order valence-electron chi connectivity index (χ1n) is 5.63. The van der Waals surface area contributed by atoms with Crippen molar-refractivity contribution in [2.45, 2.75) is 38.5 Å². The van der Waals surface area contributed by atoms with Gasteiger partial charge in [0.05, 0.1) is 0 Å². The normalized spacial score (nSPS) is 16.4. The van der Waals surface area contributed by atoms with E-state index in [1.165, 1.54) is 57.4 Å². The molecule has 0 bridgehead atoms. The fourth-order valence-electron chi connectivity index (χ4n) is 1.51. The second-order valence-electron chi connectivity index (χ2n) is 4.04. The monoisotopic (exact) mass is 201 g/mol.